The fourth-order valence-electron chi connectivity index (χ4n) is 2.23. The molecule has 16 heavy (non-hydrogen) atoms. The second kappa shape index (κ2) is 4.06. The molecule has 0 bridgehead atoms. The average molecular weight is 234 g/mol. The molecule has 0 amide bonds. The Balaban J connectivity index is 2.90. The fourth-order valence-corrected chi connectivity index (χ4v) is 2.40. The van der Waals surface area contributed by atoms with E-state index in [-0.39, 0.29) is 0 Å². The standard InChI is InChI=1S/C14H16ClN/c1-8(2)14-9(3)10(4)16-13-6-5-11(15)7-12(13)14/h5-8H,1-4H3. The number of hydrogen-bond acceptors (Lipinski definition) is 1. The lowest BCUT2D eigenvalue weighted by molar-refractivity contribution is 0.859. The molecular formula is C14H16ClN. The third-order valence-electron chi connectivity index (χ3n) is 3.06. The van der Waals surface area contributed by atoms with Crippen molar-refractivity contribution in [2.24, 2.45) is 0 Å². The molecule has 84 valence electrons. The first-order valence-electron chi connectivity index (χ1n) is 5.57. The van der Waals surface area contributed by atoms with Crippen molar-refractivity contribution >= 4 is 22.5 Å². The summed E-state index contributed by atoms with van der Waals surface area (Å²) in [6, 6.07) is 5.91. The Hall–Kier alpha value is -1.08. The van der Waals surface area contributed by atoms with Gasteiger partial charge in [0, 0.05) is 16.1 Å². The van der Waals surface area contributed by atoms with Gasteiger partial charge < -0.3 is 0 Å². The van der Waals surface area contributed by atoms with Crippen LogP contribution in [-0.4, -0.2) is 4.98 Å². The van der Waals surface area contributed by atoms with Gasteiger partial charge in [-0.2, -0.15) is 0 Å². The number of fused-ring (bicyclic) bond motifs is 1. The third-order valence-corrected chi connectivity index (χ3v) is 3.30. The van der Waals surface area contributed by atoms with E-state index in [1.165, 1.54) is 16.5 Å². The maximum absolute atomic E-state index is 6.06. The van der Waals surface area contributed by atoms with Crippen LogP contribution in [0.2, 0.25) is 5.02 Å². The van der Waals surface area contributed by atoms with Crippen molar-refractivity contribution in [2.45, 2.75) is 33.6 Å². The number of hydrogen-bond donors (Lipinski definition) is 0. The number of aryl methyl sites for hydroxylation is 1. The first-order valence-corrected chi connectivity index (χ1v) is 5.95. The predicted molar refractivity (Wildman–Crippen MR) is 70.3 cm³/mol. The molecule has 2 aromatic rings. The van der Waals surface area contributed by atoms with Gasteiger partial charge in [-0.25, -0.2) is 0 Å². The molecule has 2 heteroatoms. The molecule has 1 nitrogen and oxygen atoms in total. The summed E-state index contributed by atoms with van der Waals surface area (Å²) < 4.78 is 0. The Morgan fingerprint density at radius 2 is 1.88 bits per heavy atom. The molecule has 0 saturated carbocycles. The smallest absolute Gasteiger partial charge is 0.0709 e. The minimum atomic E-state index is 0.489. The quantitative estimate of drug-likeness (QED) is 0.700. The van der Waals surface area contributed by atoms with E-state index in [9.17, 15) is 0 Å². The molecule has 0 radical (unpaired) electrons. The second-order valence-corrected chi connectivity index (χ2v) is 4.99. The van der Waals surface area contributed by atoms with Crippen LogP contribution in [0, 0.1) is 13.8 Å². The lowest BCUT2D eigenvalue weighted by atomic mass is 9.93. The second-order valence-electron chi connectivity index (χ2n) is 4.55. The largest absolute Gasteiger partial charge is 0.253 e. The van der Waals surface area contributed by atoms with Crippen LogP contribution < -0.4 is 0 Å². The molecule has 0 atom stereocenters. The van der Waals surface area contributed by atoms with Crippen LogP contribution in [0.25, 0.3) is 10.9 Å². The third kappa shape index (κ3) is 1.80. The van der Waals surface area contributed by atoms with Crippen molar-refractivity contribution in [1.29, 1.82) is 0 Å². The minimum absolute atomic E-state index is 0.489. The highest BCUT2D eigenvalue weighted by Gasteiger charge is 2.12. The van der Waals surface area contributed by atoms with Crippen LogP contribution in [0.5, 0.6) is 0 Å². The molecule has 0 aliphatic rings. The van der Waals surface area contributed by atoms with E-state index >= 15 is 0 Å². The number of aromatic nitrogens is 1. The zero-order chi connectivity index (χ0) is 11.9. The van der Waals surface area contributed by atoms with E-state index in [0.717, 1.165) is 16.2 Å². The molecule has 0 N–H and O–H groups in total. The Labute approximate surface area is 101 Å². The summed E-state index contributed by atoms with van der Waals surface area (Å²) in [5.41, 5.74) is 4.80. The number of benzene rings is 1. The summed E-state index contributed by atoms with van der Waals surface area (Å²) in [5.74, 6) is 0.489. The lowest BCUT2D eigenvalue weighted by Crippen LogP contribution is -1.99. The number of halogens is 1. The van der Waals surface area contributed by atoms with Gasteiger partial charge in [0.05, 0.1) is 5.52 Å². The first kappa shape index (κ1) is 11.4. The van der Waals surface area contributed by atoms with Crippen molar-refractivity contribution in [3.05, 3.63) is 40.0 Å². The van der Waals surface area contributed by atoms with Crippen LogP contribution in [-0.2, 0) is 0 Å². The van der Waals surface area contributed by atoms with Crippen molar-refractivity contribution in [3.63, 3.8) is 0 Å². The van der Waals surface area contributed by atoms with Crippen LogP contribution >= 0.6 is 11.6 Å². The highest BCUT2D eigenvalue weighted by molar-refractivity contribution is 6.31. The molecule has 2 rings (SSSR count). The Morgan fingerprint density at radius 3 is 2.50 bits per heavy atom. The maximum Gasteiger partial charge on any atom is 0.0709 e. The van der Waals surface area contributed by atoms with E-state index < -0.39 is 0 Å². The molecule has 0 saturated heterocycles. The summed E-state index contributed by atoms with van der Waals surface area (Å²) >= 11 is 6.06. The molecular weight excluding hydrogens is 218 g/mol. The van der Waals surface area contributed by atoms with Gasteiger partial charge >= 0.3 is 0 Å². The van der Waals surface area contributed by atoms with Crippen molar-refractivity contribution < 1.29 is 0 Å². The van der Waals surface area contributed by atoms with Gasteiger partial charge in [0.2, 0.25) is 0 Å². The van der Waals surface area contributed by atoms with E-state index in [1.54, 1.807) is 0 Å². The van der Waals surface area contributed by atoms with E-state index in [2.05, 4.69) is 32.7 Å². The van der Waals surface area contributed by atoms with Gasteiger partial charge in [-0.3, -0.25) is 4.98 Å². The molecule has 1 heterocycles. The Kier molecular flexibility index (Phi) is 2.90. The Bertz CT molecular complexity index is 544. The zero-order valence-corrected chi connectivity index (χ0v) is 10.9. The SMILES string of the molecule is Cc1nc2ccc(Cl)cc2c(C(C)C)c1C. The number of pyridine rings is 1. The maximum atomic E-state index is 6.06. The zero-order valence-electron chi connectivity index (χ0n) is 10.1. The molecule has 0 aliphatic carbocycles. The molecule has 0 spiro atoms. The average Bonchev–Trinajstić information content (AvgIpc) is 2.20. The van der Waals surface area contributed by atoms with Crippen molar-refractivity contribution in [3.8, 4) is 0 Å². The molecule has 0 aliphatic heterocycles. The highest BCUT2D eigenvalue weighted by Crippen LogP contribution is 2.30. The van der Waals surface area contributed by atoms with Gasteiger partial charge in [-0.1, -0.05) is 25.4 Å². The summed E-state index contributed by atoms with van der Waals surface area (Å²) in [7, 11) is 0. The topological polar surface area (TPSA) is 12.9 Å². The van der Waals surface area contributed by atoms with Crippen molar-refractivity contribution in [2.75, 3.05) is 0 Å². The van der Waals surface area contributed by atoms with Crippen LogP contribution in [0.1, 0.15) is 36.6 Å². The monoisotopic (exact) mass is 233 g/mol. The summed E-state index contributed by atoms with van der Waals surface area (Å²) in [4.78, 5) is 4.60. The molecule has 0 fully saturated rings. The van der Waals surface area contributed by atoms with Crippen LogP contribution in [0.4, 0.5) is 0 Å². The van der Waals surface area contributed by atoms with Crippen molar-refractivity contribution in [1.82, 2.24) is 4.98 Å². The van der Waals surface area contributed by atoms with E-state index in [0.29, 0.717) is 5.92 Å². The summed E-state index contributed by atoms with van der Waals surface area (Å²) in [6.45, 7) is 8.62. The van der Waals surface area contributed by atoms with Gasteiger partial charge in [0.15, 0.2) is 0 Å². The molecule has 0 unspecified atom stereocenters. The molecule has 1 aromatic heterocycles. The van der Waals surface area contributed by atoms with Gasteiger partial charge in [-0.15, -0.1) is 0 Å². The van der Waals surface area contributed by atoms with Gasteiger partial charge in [-0.05, 0) is 49.1 Å². The number of nitrogens with zero attached hydrogens (tertiary/aromatic N) is 1. The van der Waals surface area contributed by atoms with Crippen LogP contribution in [0.3, 0.4) is 0 Å². The predicted octanol–water partition coefficient (Wildman–Crippen LogP) is 4.63. The van der Waals surface area contributed by atoms with E-state index in [4.69, 9.17) is 11.6 Å². The normalized spacial score (nSPS) is 11.4. The summed E-state index contributed by atoms with van der Waals surface area (Å²) in [6.07, 6.45) is 0. The van der Waals surface area contributed by atoms with Crippen LogP contribution in [0.15, 0.2) is 18.2 Å². The number of rotatable bonds is 1. The lowest BCUT2D eigenvalue weighted by Gasteiger charge is -2.15. The first-order chi connectivity index (χ1) is 7.50. The fraction of sp³-hybridized carbons (Fsp3) is 0.357. The van der Waals surface area contributed by atoms with E-state index in [1.807, 2.05) is 18.2 Å². The highest BCUT2D eigenvalue weighted by atomic mass is 35.5. The van der Waals surface area contributed by atoms with Gasteiger partial charge in [0.1, 0.15) is 0 Å². The molecule has 1 aromatic carbocycles. The summed E-state index contributed by atoms with van der Waals surface area (Å²) in [5, 5.41) is 1.96. The minimum Gasteiger partial charge on any atom is -0.253 e. The Morgan fingerprint density at radius 1 is 1.19 bits per heavy atom. The van der Waals surface area contributed by atoms with Gasteiger partial charge in [0.25, 0.3) is 0 Å².